The molecule has 0 bridgehead atoms. The lowest BCUT2D eigenvalue weighted by molar-refractivity contribution is -0.135. The van der Waals surface area contributed by atoms with E-state index in [4.69, 9.17) is 9.15 Å². The summed E-state index contributed by atoms with van der Waals surface area (Å²) in [5.41, 5.74) is 2.81. The van der Waals surface area contributed by atoms with Crippen LogP contribution in [0.15, 0.2) is 28.7 Å². The van der Waals surface area contributed by atoms with Crippen LogP contribution in [0.2, 0.25) is 0 Å². The van der Waals surface area contributed by atoms with Gasteiger partial charge in [-0.3, -0.25) is 9.69 Å². The van der Waals surface area contributed by atoms with Gasteiger partial charge in [-0.2, -0.15) is 0 Å². The molecule has 0 spiro atoms. The van der Waals surface area contributed by atoms with Crippen LogP contribution in [0.5, 0.6) is 0 Å². The molecule has 3 rings (SSSR count). The maximum atomic E-state index is 12.9. The van der Waals surface area contributed by atoms with Crippen LogP contribution in [-0.2, 0) is 16.0 Å². The fraction of sp³-hybridized carbons (Fsp3) is 0.545. The normalized spacial score (nSPS) is 20.5. The van der Waals surface area contributed by atoms with Crippen LogP contribution in [0.4, 0.5) is 0 Å². The molecule has 0 aliphatic carbocycles. The second-order valence-electron chi connectivity index (χ2n) is 7.74. The first-order chi connectivity index (χ1) is 13.4. The van der Waals surface area contributed by atoms with Gasteiger partial charge in [0.25, 0.3) is 0 Å². The smallest absolute Gasteiger partial charge is 0.228 e. The monoisotopic (exact) mass is 385 g/mol. The number of carbonyl (C=O) groups is 1. The number of amides is 1. The number of carbonyl (C=O) groups excluding carboxylic acids is 1. The van der Waals surface area contributed by atoms with Crippen molar-refractivity contribution in [1.82, 2.24) is 14.8 Å². The van der Waals surface area contributed by atoms with E-state index in [1.165, 1.54) is 0 Å². The molecule has 0 radical (unpaired) electrons. The lowest BCUT2D eigenvalue weighted by Crippen LogP contribution is -2.58. The molecule has 2 unspecified atom stereocenters. The minimum atomic E-state index is 0.109. The largest absolute Gasteiger partial charge is 0.441 e. The van der Waals surface area contributed by atoms with E-state index >= 15 is 0 Å². The predicted octanol–water partition coefficient (Wildman–Crippen LogP) is 3.07. The second kappa shape index (κ2) is 8.88. The second-order valence-corrected chi connectivity index (χ2v) is 7.74. The van der Waals surface area contributed by atoms with Crippen molar-refractivity contribution in [2.45, 2.75) is 46.2 Å². The van der Waals surface area contributed by atoms with Gasteiger partial charge in [-0.25, -0.2) is 4.98 Å². The lowest BCUT2D eigenvalue weighted by Gasteiger charge is -2.44. The van der Waals surface area contributed by atoms with Crippen molar-refractivity contribution < 1.29 is 13.9 Å². The summed E-state index contributed by atoms with van der Waals surface area (Å²) in [4.78, 5) is 21.9. The van der Waals surface area contributed by atoms with E-state index in [9.17, 15) is 4.79 Å². The molecule has 1 amide bonds. The van der Waals surface area contributed by atoms with Crippen LogP contribution in [0.3, 0.4) is 0 Å². The van der Waals surface area contributed by atoms with Gasteiger partial charge in [-0.15, -0.1) is 0 Å². The summed E-state index contributed by atoms with van der Waals surface area (Å²) in [6.45, 7) is 11.3. The van der Waals surface area contributed by atoms with E-state index in [1.807, 2.05) is 43.0 Å². The minimum absolute atomic E-state index is 0.109. The van der Waals surface area contributed by atoms with E-state index in [0.717, 1.165) is 36.5 Å². The van der Waals surface area contributed by atoms with Gasteiger partial charge >= 0.3 is 0 Å². The van der Waals surface area contributed by atoms with Crippen molar-refractivity contribution in [3.8, 4) is 11.5 Å². The van der Waals surface area contributed by atoms with Crippen molar-refractivity contribution in [2.75, 3.05) is 33.4 Å². The van der Waals surface area contributed by atoms with Crippen molar-refractivity contribution in [3.63, 3.8) is 0 Å². The molecule has 28 heavy (non-hydrogen) atoms. The van der Waals surface area contributed by atoms with Crippen molar-refractivity contribution in [3.05, 3.63) is 41.3 Å². The molecule has 1 aromatic carbocycles. The van der Waals surface area contributed by atoms with Crippen LogP contribution in [0.25, 0.3) is 11.5 Å². The molecule has 1 fully saturated rings. The predicted molar refractivity (Wildman–Crippen MR) is 109 cm³/mol. The number of nitrogens with zero attached hydrogens (tertiary/aromatic N) is 3. The Morgan fingerprint density at radius 3 is 2.54 bits per heavy atom. The molecule has 0 saturated carbocycles. The highest BCUT2D eigenvalue weighted by atomic mass is 16.5. The SMILES string of the molecule is COCCN1C(C)CN(C(=O)Cc2nc(-c3ccccc3C)oc2C)CC1C. The van der Waals surface area contributed by atoms with E-state index in [0.29, 0.717) is 30.3 Å². The summed E-state index contributed by atoms with van der Waals surface area (Å²) in [6.07, 6.45) is 0.277. The zero-order valence-corrected chi connectivity index (χ0v) is 17.6. The van der Waals surface area contributed by atoms with Crippen LogP contribution < -0.4 is 0 Å². The molecule has 2 atom stereocenters. The summed E-state index contributed by atoms with van der Waals surface area (Å²) < 4.78 is 11.1. The Labute approximate surface area is 167 Å². The van der Waals surface area contributed by atoms with Gasteiger partial charge in [0, 0.05) is 44.4 Å². The summed E-state index contributed by atoms with van der Waals surface area (Å²) in [7, 11) is 1.72. The van der Waals surface area contributed by atoms with Gasteiger partial charge in [0.2, 0.25) is 11.8 Å². The average molecular weight is 386 g/mol. The highest BCUT2D eigenvalue weighted by Crippen LogP contribution is 2.25. The third-order valence-corrected chi connectivity index (χ3v) is 5.59. The van der Waals surface area contributed by atoms with E-state index in [1.54, 1.807) is 7.11 Å². The molecule has 6 nitrogen and oxygen atoms in total. The highest BCUT2D eigenvalue weighted by molar-refractivity contribution is 5.79. The van der Waals surface area contributed by atoms with Crippen molar-refractivity contribution in [2.24, 2.45) is 0 Å². The molecule has 1 saturated heterocycles. The fourth-order valence-corrected chi connectivity index (χ4v) is 3.97. The number of piperazine rings is 1. The maximum absolute atomic E-state index is 12.9. The molecule has 1 aromatic heterocycles. The molecule has 2 aromatic rings. The topological polar surface area (TPSA) is 58.8 Å². The van der Waals surface area contributed by atoms with Gasteiger partial charge < -0.3 is 14.1 Å². The van der Waals surface area contributed by atoms with Gasteiger partial charge in [-0.05, 0) is 39.3 Å². The Morgan fingerprint density at radius 2 is 1.89 bits per heavy atom. The Balaban J connectivity index is 1.68. The zero-order chi connectivity index (χ0) is 20.3. The number of aromatic nitrogens is 1. The third kappa shape index (κ3) is 4.45. The summed E-state index contributed by atoms with van der Waals surface area (Å²) in [5, 5.41) is 0. The number of oxazole rings is 1. The maximum Gasteiger partial charge on any atom is 0.228 e. The molecule has 6 heteroatoms. The van der Waals surface area contributed by atoms with Crippen LogP contribution >= 0.6 is 0 Å². The number of methoxy groups -OCH3 is 1. The highest BCUT2D eigenvalue weighted by Gasteiger charge is 2.32. The van der Waals surface area contributed by atoms with Crippen molar-refractivity contribution >= 4 is 5.91 Å². The van der Waals surface area contributed by atoms with Crippen LogP contribution in [0.1, 0.15) is 30.9 Å². The molecular weight excluding hydrogens is 354 g/mol. The minimum Gasteiger partial charge on any atom is -0.441 e. The molecule has 0 N–H and O–H groups in total. The van der Waals surface area contributed by atoms with Crippen molar-refractivity contribution in [1.29, 1.82) is 0 Å². The number of benzene rings is 1. The first-order valence-electron chi connectivity index (χ1n) is 9.95. The van der Waals surface area contributed by atoms with Gasteiger partial charge in [0.05, 0.1) is 18.7 Å². The summed E-state index contributed by atoms with van der Waals surface area (Å²) in [6, 6.07) is 8.61. The molecule has 1 aliphatic rings. The van der Waals surface area contributed by atoms with Gasteiger partial charge in [-0.1, -0.05) is 18.2 Å². The number of ether oxygens (including phenoxy) is 1. The Morgan fingerprint density at radius 1 is 1.21 bits per heavy atom. The molecule has 1 aliphatic heterocycles. The number of aryl methyl sites for hydroxylation is 2. The Bertz CT molecular complexity index is 805. The fourth-order valence-electron chi connectivity index (χ4n) is 3.97. The van der Waals surface area contributed by atoms with Crippen LogP contribution in [0, 0.1) is 13.8 Å². The molecular formula is C22H31N3O3. The quantitative estimate of drug-likeness (QED) is 0.765. The first kappa shape index (κ1) is 20.6. The zero-order valence-electron chi connectivity index (χ0n) is 17.6. The summed E-state index contributed by atoms with van der Waals surface area (Å²) >= 11 is 0. The van der Waals surface area contributed by atoms with Gasteiger partial charge in [0.1, 0.15) is 5.76 Å². The van der Waals surface area contributed by atoms with E-state index < -0.39 is 0 Å². The Kier molecular flexibility index (Phi) is 6.52. The standard InChI is InChI=1S/C22H31N3O3/c1-15-8-6-7-9-19(15)22-23-20(18(4)28-22)12-21(26)24-13-16(2)25(10-11-27-5)17(3)14-24/h6-9,16-17H,10-14H2,1-5H3. The molecule has 152 valence electrons. The average Bonchev–Trinajstić information content (AvgIpc) is 3.01. The van der Waals surface area contributed by atoms with E-state index in [2.05, 4.69) is 23.7 Å². The molecule has 2 heterocycles. The first-order valence-corrected chi connectivity index (χ1v) is 9.95. The van der Waals surface area contributed by atoms with Crippen LogP contribution in [-0.4, -0.2) is 66.1 Å². The lowest BCUT2D eigenvalue weighted by atomic mass is 10.1. The number of hydrogen-bond acceptors (Lipinski definition) is 5. The van der Waals surface area contributed by atoms with Gasteiger partial charge in [0.15, 0.2) is 0 Å². The van der Waals surface area contributed by atoms with E-state index in [-0.39, 0.29) is 12.3 Å². The summed E-state index contributed by atoms with van der Waals surface area (Å²) in [5.74, 6) is 1.41. The third-order valence-electron chi connectivity index (χ3n) is 5.59. The Hall–Kier alpha value is -2.18. The number of rotatable bonds is 6. The number of hydrogen-bond donors (Lipinski definition) is 0.